The summed E-state index contributed by atoms with van der Waals surface area (Å²) in [5.74, 6) is 0. The van der Waals surface area contributed by atoms with Gasteiger partial charge in [-0.2, -0.15) is 0 Å². The summed E-state index contributed by atoms with van der Waals surface area (Å²) in [6.45, 7) is 6.16. The lowest BCUT2D eigenvalue weighted by molar-refractivity contribution is 0.0740. The molecule has 2 aliphatic heterocycles. The second-order valence-electron chi connectivity index (χ2n) is 5.18. The fourth-order valence-corrected chi connectivity index (χ4v) is 3.26. The Kier molecular flexibility index (Phi) is 4.45. The van der Waals surface area contributed by atoms with Gasteiger partial charge in [0.25, 0.3) is 0 Å². The summed E-state index contributed by atoms with van der Waals surface area (Å²) >= 11 is 0. The minimum atomic E-state index is 0.843. The lowest BCUT2D eigenvalue weighted by atomic mass is 9.94. The largest absolute Gasteiger partial charge is 0.315 e. The summed E-state index contributed by atoms with van der Waals surface area (Å²) in [4.78, 5) is 2.82. The first-order valence-electron chi connectivity index (χ1n) is 6.88. The van der Waals surface area contributed by atoms with E-state index in [9.17, 15) is 0 Å². The van der Waals surface area contributed by atoms with Crippen molar-refractivity contribution in [2.45, 2.75) is 64.0 Å². The quantitative estimate of drug-likeness (QED) is 0.769. The Bertz CT molecular complexity index is 163. The molecule has 15 heavy (non-hydrogen) atoms. The van der Waals surface area contributed by atoms with Crippen molar-refractivity contribution in [3.05, 3.63) is 0 Å². The minimum absolute atomic E-state index is 0.843. The number of piperidine rings is 2. The van der Waals surface area contributed by atoms with Gasteiger partial charge in [-0.3, -0.25) is 4.90 Å². The highest BCUT2D eigenvalue weighted by Crippen LogP contribution is 2.25. The van der Waals surface area contributed by atoms with E-state index in [4.69, 9.17) is 0 Å². The van der Waals surface area contributed by atoms with Crippen LogP contribution in [0.3, 0.4) is 0 Å². The van der Waals surface area contributed by atoms with Gasteiger partial charge in [-0.25, -0.2) is 0 Å². The van der Waals surface area contributed by atoms with E-state index in [-0.39, 0.29) is 0 Å². The van der Waals surface area contributed by atoms with Crippen molar-refractivity contribution in [1.29, 1.82) is 0 Å². The highest BCUT2D eigenvalue weighted by atomic mass is 15.2. The van der Waals surface area contributed by atoms with Gasteiger partial charge in [-0.05, 0) is 45.2 Å². The lowest BCUT2D eigenvalue weighted by Crippen LogP contribution is -2.52. The second-order valence-corrected chi connectivity index (χ2v) is 5.18. The average molecular weight is 210 g/mol. The van der Waals surface area contributed by atoms with Crippen LogP contribution in [0.5, 0.6) is 0 Å². The molecule has 1 N–H and O–H groups in total. The molecule has 0 aliphatic carbocycles. The first kappa shape index (κ1) is 11.4. The van der Waals surface area contributed by atoms with Crippen LogP contribution in [0.4, 0.5) is 0 Å². The second kappa shape index (κ2) is 5.86. The van der Waals surface area contributed by atoms with E-state index in [1.165, 1.54) is 64.6 Å². The Hall–Kier alpha value is -0.0800. The molecule has 2 atom stereocenters. The van der Waals surface area contributed by atoms with Crippen molar-refractivity contribution in [3.63, 3.8) is 0 Å². The Morgan fingerprint density at radius 3 is 2.87 bits per heavy atom. The van der Waals surface area contributed by atoms with Crippen molar-refractivity contribution >= 4 is 0 Å². The molecule has 2 unspecified atom stereocenters. The van der Waals surface area contributed by atoms with E-state index in [0.717, 1.165) is 12.1 Å². The first-order chi connectivity index (χ1) is 7.42. The van der Waals surface area contributed by atoms with Crippen LogP contribution in [0.2, 0.25) is 0 Å². The Balaban J connectivity index is 1.90. The fourth-order valence-electron chi connectivity index (χ4n) is 3.26. The monoisotopic (exact) mass is 210 g/mol. The first-order valence-corrected chi connectivity index (χ1v) is 6.88. The molecule has 2 fully saturated rings. The maximum atomic E-state index is 3.55. The fraction of sp³-hybridized carbons (Fsp3) is 1.00. The molecule has 0 radical (unpaired) electrons. The van der Waals surface area contributed by atoms with Crippen LogP contribution in [-0.4, -0.2) is 36.6 Å². The highest BCUT2D eigenvalue weighted by molar-refractivity contribution is 4.85. The zero-order valence-corrected chi connectivity index (χ0v) is 10.2. The van der Waals surface area contributed by atoms with Crippen LogP contribution in [0, 0.1) is 0 Å². The molecule has 2 saturated heterocycles. The highest BCUT2D eigenvalue weighted by Gasteiger charge is 2.28. The SMILES string of the molecule is CCCC1CCCCN1C1CCCNC1. The maximum Gasteiger partial charge on any atom is 0.0224 e. The van der Waals surface area contributed by atoms with E-state index in [1.54, 1.807) is 0 Å². The molecule has 0 aromatic rings. The Morgan fingerprint density at radius 2 is 2.13 bits per heavy atom. The lowest BCUT2D eigenvalue weighted by Gasteiger charge is -2.43. The third-order valence-corrected chi connectivity index (χ3v) is 4.03. The van der Waals surface area contributed by atoms with E-state index in [2.05, 4.69) is 17.1 Å². The standard InChI is InChI=1S/C13H26N2/c1-2-6-12-7-3-4-10-15(12)13-8-5-9-14-11-13/h12-14H,2-11H2,1H3. The molecule has 2 heterocycles. The van der Waals surface area contributed by atoms with Crippen molar-refractivity contribution in [3.8, 4) is 0 Å². The van der Waals surface area contributed by atoms with E-state index in [1.807, 2.05) is 0 Å². The van der Waals surface area contributed by atoms with E-state index < -0.39 is 0 Å². The van der Waals surface area contributed by atoms with Gasteiger partial charge in [0.05, 0.1) is 0 Å². The van der Waals surface area contributed by atoms with Crippen molar-refractivity contribution in [2.75, 3.05) is 19.6 Å². The van der Waals surface area contributed by atoms with Crippen LogP contribution in [0.1, 0.15) is 51.9 Å². The van der Waals surface area contributed by atoms with Crippen LogP contribution < -0.4 is 5.32 Å². The summed E-state index contributed by atoms with van der Waals surface area (Å²) in [6, 6.07) is 1.74. The van der Waals surface area contributed by atoms with Gasteiger partial charge in [0.1, 0.15) is 0 Å². The zero-order valence-electron chi connectivity index (χ0n) is 10.2. The summed E-state index contributed by atoms with van der Waals surface area (Å²) in [5, 5.41) is 3.55. The molecule has 88 valence electrons. The van der Waals surface area contributed by atoms with Gasteiger partial charge in [-0.1, -0.05) is 19.8 Å². The number of likely N-dealkylation sites (tertiary alicyclic amines) is 1. The maximum absolute atomic E-state index is 3.55. The number of nitrogens with zero attached hydrogens (tertiary/aromatic N) is 1. The predicted molar refractivity (Wildman–Crippen MR) is 65.1 cm³/mol. The number of hydrogen-bond acceptors (Lipinski definition) is 2. The zero-order chi connectivity index (χ0) is 10.5. The summed E-state index contributed by atoms with van der Waals surface area (Å²) < 4.78 is 0. The van der Waals surface area contributed by atoms with Gasteiger partial charge in [-0.15, -0.1) is 0 Å². The van der Waals surface area contributed by atoms with Crippen LogP contribution in [-0.2, 0) is 0 Å². The number of rotatable bonds is 3. The van der Waals surface area contributed by atoms with Crippen LogP contribution in [0.25, 0.3) is 0 Å². The third-order valence-electron chi connectivity index (χ3n) is 4.03. The minimum Gasteiger partial charge on any atom is -0.315 e. The molecule has 0 amide bonds. The topological polar surface area (TPSA) is 15.3 Å². The summed E-state index contributed by atoms with van der Waals surface area (Å²) in [6.07, 6.45) is 9.90. The predicted octanol–water partition coefficient (Wildman–Crippen LogP) is 2.39. The molecule has 0 aromatic heterocycles. The Labute approximate surface area is 94.4 Å². The molecule has 2 nitrogen and oxygen atoms in total. The van der Waals surface area contributed by atoms with Gasteiger partial charge < -0.3 is 5.32 Å². The van der Waals surface area contributed by atoms with Crippen molar-refractivity contribution < 1.29 is 0 Å². The summed E-state index contributed by atoms with van der Waals surface area (Å²) in [7, 11) is 0. The van der Waals surface area contributed by atoms with Gasteiger partial charge >= 0.3 is 0 Å². The van der Waals surface area contributed by atoms with E-state index in [0.29, 0.717) is 0 Å². The molecule has 0 bridgehead atoms. The molecule has 0 saturated carbocycles. The Morgan fingerprint density at radius 1 is 1.20 bits per heavy atom. The molecular weight excluding hydrogens is 184 g/mol. The van der Waals surface area contributed by atoms with E-state index >= 15 is 0 Å². The molecular formula is C13H26N2. The number of nitrogens with one attached hydrogen (secondary N) is 1. The van der Waals surface area contributed by atoms with Gasteiger partial charge in [0.2, 0.25) is 0 Å². The molecule has 0 spiro atoms. The molecule has 0 aromatic carbocycles. The van der Waals surface area contributed by atoms with Gasteiger partial charge in [0, 0.05) is 18.6 Å². The smallest absolute Gasteiger partial charge is 0.0224 e. The third kappa shape index (κ3) is 2.94. The molecule has 2 rings (SSSR count). The van der Waals surface area contributed by atoms with Crippen LogP contribution >= 0.6 is 0 Å². The van der Waals surface area contributed by atoms with Gasteiger partial charge in [0.15, 0.2) is 0 Å². The molecule has 2 aliphatic rings. The van der Waals surface area contributed by atoms with Crippen molar-refractivity contribution in [2.24, 2.45) is 0 Å². The summed E-state index contributed by atoms with van der Waals surface area (Å²) in [5.41, 5.74) is 0. The average Bonchev–Trinajstić information content (AvgIpc) is 2.31. The normalized spacial score (nSPS) is 34.2. The number of hydrogen-bond donors (Lipinski definition) is 1. The molecule has 2 heteroatoms. The van der Waals surface area contributed by atoms with Crippen LogP contribution in [0.15, 0.2) is 0 Å². The van der Waals surface area contributed by atoms with Crippen molar-refractivity contribution in [1.82, 2.24) is 10.2 Å².